The van der Waals surface area contributed by atoms with E-state index in [-0.39, 0.29) is 17.6 Å². The molecule has 1 saturated heterocycles. The highest BCUT2D eigenvalue weighted by Gasteiger charge is 2.37. The number of likely N-dealkylation sites (tertiary alicyclic amines) is 1. The molecular weight excluding hydrogens is 292 g/mol. The van der Waals surface area contributed by atoms with Gasteiger partial charge >= 0.3 is 0 Å². The Kier molecular flexibility index (Phi) is 2.81. The minimum absolute atomic E-state index is 0.0803. The summed E-state index contributed by atoms with van der Waals surface area (Å²) in [6, 6.07) is 3.50. The Morgan fingerprint density at radius 1 is 1.33 bits per heavy atom. The predicted molar refractivity (Wildman–Crippen MR) is 72.8 cm³/mol. The summed E-state index contributed by atoms with van der Waals surface area (Å²) in [5.74, 6) is 1.32. The lowest BCUT2D eigenvalue weighted by Crippen LogP contribution is -2.48. The first-order valence-corrected chi connectivity index (χ1v) is 7.31. The molecule has 1 aliphatic heterocycles. The van der Waals surface area contributed by atoms with E-state index in [0.29, 0.717) is 24.8 Å². The van der Waals surface area contributed by atoms with E-state index in [0.717, 1.165) is 5.56 Å². The van der Waals surface area contributed by atoms with Crippen molar-refractivity contribution in [3.63, 3.8) is 0 Å². The summed E-state index contributed by atoms with van der Waals surface area (Å²) in [6.45, 7) is 1.09. The normalized spacial score (nSPS) is 15.1. The van der Waals surface area contributed by atoms with E-state index in [9.17, 15) is 4.79 Å². The predicted octanol–water partition coefficient (Wildman–Crippen LogP) is 2.03. The van der Waals surface area contributed by atoms with Gasteiger partial charge in [-0.25, -0.2) is 0 Å². The van der Waals surface area contributed by atoms with Crippen LogP contribution in [0.1, 0.15) is 22.4 Å². The molecule has 3 aromatic rings. The molecule has 0 spiro atoms. The Hall–Kier alpha value is -2.48. The highest BCUT2D eigenvalue weighted by Crippen LogP contribution is 2.29. The molecule has 0 unspecified atom stereocenters. The number of hydrogen-bond donors (Lipinski definition) is 0. The summed E-state index contributed by atoms with van der Waals surface area (Å²) in [5.41, 5.74) is 0.948. The SMILES string of the molecule is O=C(c1ccno1)N1CC(c2nc(-c3ccsc3)no2)C1. The second kappa shape index (κ2) is 4.81. The summed E-state index contributed by atoms with van der Waals surface area (Å²) < 4.78 is 10.1. The molecule has 106 valence electrons. The first-order chi connectivity index (χ1) is 10.3. The zero-order chi connectivity index (χ0) is 14.2. The average molecular weight is 302 g/mol. The molecule has 4 heterocycles. The van der Waals surface area contributed by atoms with Gasteiger partial charge in [0.2, 0.25) is 17.5 Å². The van der Waals surface area contributed by atoms with Crippen LogP contribution in [0.2, 0.25) is 0 Å². The molecule has 0 atom stereocenters. The molecule has 0 saturated carbocycles. The molecule has 3 aromatic heterocycles. The van der Waals surface area contributed by atoms with Crippen LogP contribution >= 0.6 is 11.3 Å². The van der Waals surface area contributed by atoms with Gasteiger partial charge in [-0.2, -0.15) is 16.3 Å². The van der Waals surface area contributed by atoms with Crippen molar-refractivity contribution in [2.75, 3.05) is 13.1 Å². The van der Waals surface area contributed by atoms with Crippen molar-refractivity contribution >= 4 is 17.2 Å². The van der Waals surface area contributed by atoms with Gasteiger partial charge in [-0.3, -0.25) is 4.79 Å². The standard InChI is InChI=1S/C13H10N4O3S/c18-13(10-1-3-14-19-10)17-5-9(6-17)12-15-11(16-20-12)8-2-4-21-7-8/h1-4,7,9H,5-6H2. The van der Waals surface area contributed by atoms with Gasteiger partial charge in [0.1, 0.15) is 0 Å². The summed E-state index contributed by atoms with van der Waals surface area (Å²) >= 11 is 1.58. The lowest BCUT2D eigenvalue weighted by atomic mass is 10.00. The average Bonchev–Trinajstić information content (AvgIpc) is 3.19. The molecule has 0 aromatic carbocycles. The molecule has 1 aliphatic rings. The molecule has 8 heteroatoms. The highest BCUT2D eigenvalue weighted by atomic mass is 32.1. The van der Waals surface area contributed by atoms with Gasteiger partial charge in [0.25, 0.3) is 5.91 Å². The summed E-state index contributed by atoms with van der Waals surface area (Å²) in [6.07, 6.45) is 1.45. The van der Waals surface area contributed by atoms with Crippen LogP contribution in [-0.2, 0) is 0 Å². The van der Waals surface area contributed by atoms with Crippen molar-refractivity contribution in [2.24, 2.45) is 0 Å². The molecule has 21 heavy (non-hydrogen) atoms. The third-order valence-electron chi connectivity index (χ3n) is 3.39. The van der Waals surface area contributed by atoms with Gasteiger partial charge < -0.3 is 13.9 Å². The third-order valence-corrected chi connectivity index (χ3v) is 4.07. The fourth-order valence-corrected chi connectivity index (χ4v) is 2.83. The van der Waals surface area contributed by atoms with Crippen molar-refractivity contribution in [3.05, 3.63) is 40.7 Å². The first-order valence-electron chi connectivity index (χ1n) is 6.37. The Morgan fingerprint density at radius 2 is 2.24 bits per heavy atom. The van der Waals surface area contributed by atoms with Crippen LogP contribution in [0.3, 0.4) is 0 Å². The quantitative estimate of drug-likeness (QED) is 0.736. The van der Waals surface area contributed by atoms with Crippen LogP contribution < -0.4 is 0 Å². The minimum atomic E-state index is -0.165. The smallest absolute Gasteiger partial charge is 0.292 e. The number of thiophene rings is 1. The molecule has 1 fully saturated rings. The van der Waals surface area contributed by atoms with Crippen molar-refractivity contribution in [2.45, 2.75) is 5.92 Å². The van der Waals surface area contributed by atoms with Crippen LogP contribution in [-0.4, -0.2) is 39.2 Å². The van der Waals surface area contributed by atoms with Crippen molar-refractivity contribution < 1.29 is 13.8 Å². The third kappa shape index (κ3) is 2.13. The van der Waals surface area contributed by atoms with Crippen LogP contribution in [0.25, 0.3) is 11.4 Å². The van der Waals surface area contributed by atoms with Crippen molar-refractivity contribution in [3.8, 4) is 11.4 Å². The fourth-order valence-electron chi connectivity index (χ4n) is 2.19. The van der Waals surface area contributed by atoms with Crippen LogP contribution in [0.4, 0.5) is 0 Å². The second-order valence-corrected chi connectivity index (χ2v) is 5.53. The molecule has 1 amide bonds. The Balaban J connectivity index is 1.43. The van der Waals surface area contributed by atoms with E-state index < -0.39 is 0 Å². The Morgan fingerprint density at radius 3 is 2.95 bits per heavy atom. The lowest BCUT2D eigenvalue weighted by molar-refractivity contribution is 0.0527. The molecule has 0 aliphatic carbocycles. The van der Waals surface area contributed by atoms with Crippen LogP contribution in [0.5, 0.6) is 0 Å². The summed E-state index contributed by atoms with van der Waals surface area (Å²) in [5, 5.41) is 11.4. The fraction of sp³-hybridized carbons (Fsp3) is 0.231. The molecule has 4 rings (SSSR count). The minimum Gasteiger partial charge on any atom is -0.351 e. The largest absolute Gasteiger partial charge is 0.351 e. The number of hydrogen-bond acceptors (Lipinski definition) is 7. The molecule has 0 bridgehead atoms. The molecular formula is C13H10N4O3S. The van der Waals surface area contributed by atoms with E-state index in [1.807, 2.05) is 16.8 Å². The van der Waals surface area contributed by atoms with E-state index in [1.54, 1.807) is 22.3 Å². The van der Waals surface area contributed by atoms with Gasteiger partial charge in [0, 0.05) is 30.1 Å². The van der Waals surface area contributed by atoms with Gasteiger partial charge in [-0.15, -0.1) is 0 Å². The summed E-state index contributed by atoms with van der Waals surface area (Å²) in [7, 11) is 0. The van der Waals surface area contributed by atoms with Crippen molar-refractivity contribution in [1.29, 1.82) is 0 Å². The zero-order valence-electron chi connectivity index (χ0n) is 10.8. The Labute approximate surface area is 123 Å². The maximum atomic E-state index is 12.0. The van der Waals surface area contributed by atoms with E-state index in [2.05, 4.69) is 15.3 Å². The monoisotopic (exact) mass is 302 g/mol. The highest BCUT2D eigenvalue weighted by molar-refractivity contribution is 7.08. The van der Waals surface area contributed by atoms with E-state index >= 15 is 0 Å². The molecule has 0 N–H and O–H groups in total. The number of amides is 1. The summed E-state index contributed by atoms with van der Waals surface area (Å²) in [4.78, 5) is 18.0. The lowest BCUT2D eigenvalue weighted by Gasteiger charge is -2.36. The van der Waals surface area contributed by atoms with Crippen LogP contribution in [0, 0.1) is 0 Å². The van der Waals surface area contributed by atoms with Gasteiger partial charge in [0.05, 0.1) is 12.1 Å². The number of aromatic nitrogens is 3. The maximum absolute atomic E-state index is 12.0. The molecule has 0 radical (unpaired) electrons. The number of nitrogens with zero attached hydrogens (tertiary/aromatic N) is 4. The second-order valence-electron chi connectivity index (χ2n) is 4.75. The first kappa shape index (κ1) is 12.3. The van der Waals surface area contributed by atoms with Crippen molar-refractivity contribution in [1.82, 2.24) is 20.2 Å². The maximum Gasteiger partial charge on any atom is 0.292 e. The van der Waals surface area contributed by atoms with Gasteiger partial charge in [-0.1, -0.05) is 10.3 Å². The van der Waals surface area contributed by atoms with Gasteiger partial charge in [0.15, 0.2) is 0 Å². The topological polar surface area (TPSA) is 85.3 Å². The zero-order valence-corrected chi connectivity index (χ0v) is 11.6. The van der Waals surface area contributed by atoms with Crippen LogP contribution in [0.15, 0.2) is 38.1 Å². The van der Waals surface area contributed by atoms with E-state index in [4.69, 9.17) is 9.05 Å². The number of rotatable bonds is 3. The number of carbonyl (C=O) groups excluding carboxylic acids is 1. The van der Waals surface area contributed by atoms with Gasteiger partial charge in [-0.05, 0) is 11.4 Å². The number of carbonyl (C=O) groups is 1. The Bertz CT molecular complexity index is 744. The molecule has 7 nitrogen and oxygen atoms in total. The van der Waals surface area contributed by atoms with E-state index in [1.165, 1.54) is 6.20 Å².